The lowest BCUT2D eigenvalue weighted by Crippen LogP contribution is -2.41. The van der Waals surface area contributed by atoms with Crippen molar-refractivity contribution >= 4 is 17.7 Å². The molecule has 1 atom stereocenters. The van der Waals surface area contributed by atoms with Crippen LogP contribution in [-0.4, -0.2) is 52.7 Å². The predicted octanol–water partition coefficient (Wildman–Crippen LogP) is 3.50. The highest BCUT2D eigenvalue weighted by Crippen LogP contribution is 2.30. The van der Waals surface area contributed by atoms with Gasteiger partial charge in [-0.15, -0.1) is 0 Å². The molecular formula is C22H24F3N3O4. The number of carbonyl (C=O) groups is 2. The van der Waals surface area contributed by atoms with Gasteiger partial charge in [-0.2, -0.15) is 13.2 Å². The number of hydrogen-bond donors (Lipinski definition) is 2. The van der Waals surface area contributed by atoms with E-state index in [2.05, 4.69) is 10.3 Å². The molecule has 2 aromatic rings. The van der Waals surface area contributed by atoms with Crippen molar-refractivity contribution < 1.29 is 32.6 Å². The number of aliphatic carboxylic acids is 1. The number of rotatable bonds is 9. The third-order valence-electron chi connectivity index (χ3n) is 5.02. The molecule has 1 aliphatic rings. The second-order valence-electron chi connectivity index (χ2n) is 7.58. The van der Waals surface area contributed by atoms with Crippen molar-refractivity contribution in [3.63, 3.8) is 0 Å². The van der Waals surface area contributed by atoms with E-state index < -0.39 is 36.9 Å². The third kappa shape index (κ3) is 6.86. The molecule has 0 aliphatic carbocycles. The zero-order valence-electron chi connectivity index (χ0n) is 17.3. The van der Waals surface area contributed by atoms with Gasteiger partial charge < -0.3 is 20.1 Å². The Kier molecular flexibility index (Phi) is 7.55. The molecule has 0 unspecified atom stereocenters. The van der Waals surface area contributed by atoms with Crippen molar-refractivity contribution in [2.45, 2.75) is 32.0 Å². The van der Waals surface area contributed by atoms with E-state index >= 15 is 0 Å². The lowest BCUT2D eigenvalue weighted by molar-refractivity contribution is -0.165. The number of carboxylic acids is 1. The van der Waals surface area contributed by atoms with Crippen molar-refractivity contribution in [2.24, 2.45) is 5.92 Å². The van der Waals surface area contributed by atoms with Crippen molar-refractivity contribution in [2.75, 3.05) is 25.0 Å². The first kappa shape index (κ1) is 23.4. The Balaban J connectivity index is 1.65. The first-order chi connectivity index (χ1) is 15.2. The normalized spacial score (nSPS) is 16.3. The molecule has 1 aliphatic heterocycles. The maximum Gasteiger partial charge on any atom is 0.406 e. The highest BCUT2D eigenvalue weighted by atomic mass is 19.4. The second-order valence-corrected chi connectivity index (χ2v) is 7.58. The number of amides is 1. The van der Waals surface area contributed by atoms with Crippen LogP contribution in [0.4, 0.5) is 19.0 Å². The number of fused-ring (bicyclic) bond motifs is 1. The molecule has 3 rings (SSSR count). The Morgan fingerprint density at radius 3 is 2.75 bits per heavy atom. The van der Waals surface area contributed by atoms with Crippen LogP contribution in [0.3, 0.4) is 0 Å². The van der Waals surface area contributed by atoms with Gasteiger partial charge in [0.25, 0.3) is 0 Å². The van der Waals surface area contributed by atoms with Crippen LogP contribution in [0, 0.1) is 5.92 Å². The van der Waals surface area contributed by atoms with E-state index in [1.54, 1.807) is 24.4 Å². The van der Waals surface area contributed by atoms with Crippen LogP contribution in [0.25, 0.3) is 0 Å². The zero-order valence-corrected chi connectivity index (χ0v) is 17.3. The van der Waals surface area contributed by atoms with Crippen LogP contribution in [0.2, 0.25) is 0 Å². The lowest BCUT2D eigenvalue weighted by Gasteiger charge is -2.25. The average Bonchev–Trinajstić information content (AvgIpc) is 2.84. The summed E-state index contributed by atoms with van der Waals surface area (Å²) in [5.74, 6) is -1.83. The highest BCUT2D eigenvalue weighted by molar-refractivity contribution is 5.84. The van der Waals surface area contributed by atoms with Crippen molar-refractivity contribution in [3.05, 3.63) is 53.7 Å². The number of carboxylic acid groups (broad SMARTS) is 1. The van der Waals surface area contributed by atoms with Crippen molar-refractivity contribution in [3.8, 4) is 5.75 Å². The summed E-state index contributed by atoms with van der Waals surface area (Å²) in [5.41, 5.74) is 1.18. The van der Waals surface area contributed by atoms with Crippen molar-refractivity contribution in [1.82, 2.24) is 9.88 Å². The largest absolute Gasteiger partial charge is 0.494 e. The van der Waals surface area contributed by atoms with Gasteiger partial charge in [0.05, 0.1) is 18.9 Å². The Bertz CT molecular complexity index is 938. The average molecular weight is 451 g/mol. The van der Waals surface area contributed by atoms with Gasteiger partial charge in [-0.25, -0.2) is 4.98 Å². The van der Waals surface area contributed by atoms with E-state index in [0.717, 1.165) is 5.82 Å². The van der Waals surface area contributed by atoms with Crippen LogP contribution in [0.1, 0.15) is 24.0 Å². The standard InChI is InChI=1S/C22H24F3N3O4/c23-22(24,25)14-28-13-17-11-18(32-9-3-8-27-19-4-1-2-7-26-19)6-5-15(17)10-16(21(28)31)12-20(29)30/h1-2,4-7,11,16H,3,8-10,12-14H2,(H,26,27)(H,29,30)/t16-/m0/s1. The molecular weight excluding hydrogens is 427 g/mol. The summed E-state index contributed by atoms with van der Waals surface area (Å²) in [5, 5.41) is 12.2. The van der Waals surface area contributed by atoms with Crippen LogP contribution < -0.4 is 10.1 Å². The molecule has 0 fully saturated rings. The molecule has 1 aromatic carbocycles. The summed E-state index contributed by atoms with van der Waals surface area (Å²) in [6.45, 7) is -0.661. The molecule has 1 amide bonds. The second kappa shape index (κ2) is 10.3. The van der Waals surface area contributed by atoms with Gasteiger partial charge in [0.15, 0.2) is 0 Å². The molecule has 2 N–H and O–H groups in total. The minimum absolute atomic E-state index is 0.0725. The molecule has 2 heterocycles. The molecule has 0 radical (unpaired) electrons. The molecule has 172 valence electrons. The molecule has 10 heteroatoms. The Hall–Kier alpha value is -3.30. The first-order valence-electron chi connectivity index (χ1n) is 10.2. The number of alkyl halides is 3. The number of nitrogens with zero attached hydrogens (tertiary/aromatic N) is 2. The smallest absolute Gasteiger partial charge is 0.406 e. The van der Waals surface area contributed by atoms with Crippen LogP contribution in [0.15, 0.2) is 42.6 Å². The van der Waals surface area contributed by atoms with Crippen LogP contribution >= 0.6 is 0 Å². The topological polar surface area (TPSA) is 91.8 Å². The Labute approximate surface area is 183 Å². The molecule has 0 spiro atoms. The summed E-state index contributed by atoms with van der Waals surface area (Å²) in [6, 6.07) is 10.5. The number of halogens is 3. The minimum atomic E-state index is -4.58. The maximum atomic E-state index is 13.0. The quantitative estimate of drug-likeness (QED) is 0.567. The van der Waals surface area contributed by atoms with Gasteiger partial charge >= 0.3 is 12.1 Å². The molecule has 0 saturated heterocycles. The van der Waals surface area contributed by atoms with Crippen LogP contribution in [-0.2, 0) is 22.6 Å². The van der Waals surface area contributed by atoms with Gasteiger partial charge in [-0.3, -0.25) is 9.59 Å². The van der Waals surface area contributed by atoms with E-state index in [1.807, 2.05) is 18.2 Å². The molecule has 0 bridgehead atoms. The monoisotopic (exact) mass is 451 g/mol. The number of benzene rings is 1. The summed E-state index contributed by atoms with van der Waals surface area (Å²) in [7, 11) is 0. The zero-order chi connectivity index (χ0) is 23.1. The van der Waals surface area contributed by atoms with Gasteiger partial charge in [-0.05, 0) is 48.2 Å². The number of hydrogen-bond acceptors (Lipinski definition) is 5. The number of pyridine rings is 1. The summed E-state index contributed by atoms with van der Waals surface area (Å²) in [6.07, 6.45) is -2.67. The van der Waals surface area contributed by atoms with E-state index in [1.165, 1.54) is 0 Å². The molecule has 7 nitrogen and oxygen atoms in total. The SMILES string of the molecule is O=C(O)C[C@@H]1Cc2ccc(OCCCNc3ccccn3)cc2CN(CC(F)(F)F)C1=O. The Morgan fingerprint density at radius 2 is 2.06 bits per heavy atom. The molecule has 1 aromatic heterocycles. The number of anilines is 1. The first-order valence-corrected chi connectivity index (χ1v) is 10.2. The number of nitrogens with one attached hydrogen (secondary N) is 1. The summed E-state index contributed by atoms with van der Waals surface area (Å²) >= 11 is 0. The Morgan fingerprint density at radius 1 is 1.25 bits per heavy atom. The van der Waals surface area contributed by atoms with Crippen LogP contribution in [0.5, 0.6) is 5.75 Å². The lowest BCUT2D eigenvalue weighted by atomic mass is 9.94. The van der Waals surface area contributed by atoms with E-state index in [-0.39, 0.29) is 13.0 Å². The fraction of sp³-hybridized carbons (Fsp3) is 0.409. The number of carbonyl (C=O) groups excluding carboxylic acids is 1. The molecule has 0 saturated carbocycles. The summed E-state index contributed by atoms with van der Waals surface area (Å²) in [4.78, 5) is 28.5. The van der Waals surface area contributed by atoms with Gasteiger partial charge in [-0.1, -0.05) is 12.1 Å². The van der Waals surface area contributed by atoms with Gasteiger partial charge in [0, 0.05) is 19.3 Å². The van der Waals surface area contributed by atoms with E-state index in [0.29, 0.717) is 41.3 Å². The van der Waals surface area contributed by atoms with Gasteiger partial charge in [0.2, 0.25) is 5.91 Å². The maximum absolute atomic E-state index is 13.0. The molecule has 32 heavy (non-hydrogen) atoms. The minimum Gasteiger partial charge on any atom is -0.494 e. The van der Waals surface area contributed by atoms with E-state index in [4.69, 9.17) is 9.84 Å². The fourth-order valence-electron chi connectivity index (χ4n) is 3.60. The predicted molar refractivity (Wildman–Crippen MR) is 110 cm³/mol. The van der Waals surface area contributed by atoms with Gasteiger partial charge in [0.1, 0.15) is 18.1 Å². The van der Waals surface area contributed by atoms with Crippen molar-refractivity contribution in [1.29, 1.82) is 0 Å². The fourth-order valence-corrected chi connectivity index (χ4v) is 3.60. The number of aromatic nitrogens is 1. The highest BCUT2D eigenvalue weighted by Gasteiger charge is 2.38. The number of ether oxygens (including phenoxy) is 1. The third-order valence-corrected chi connectivity index (χ3v) is 5.02. The summed E-state index contributed by atoms with van der Waals surface area (Å²) < 4.78 is 44.7. The van der Waals surface area contributed by atoms with E-state index in [9.17, 15) is 22.8 Å².